The highest BCUT2D eigenvalue weighted by Crippen LogP contribution is 2.38. The van der Waals surface area contributed by atoms with Crippen LogP contribution in [-0.4, -0.2) is 15.8 Å². The Bertz CT molecular complexity index is 526. The highest BCUT2D eigenvalue weighted by molar-refractivity contribution is 6.30. The van der Waals surface area contributed by atoms with E-state index >= 15 is 0 Å². The number of benzene rings is 1. The van der Waals surface area contributed by atoms with Crippen LogP contribution >= 0.6 is 11.6 Å². The smallest absolute Gasteiger partial charge is 0.0728 e. The highest BCUT2D eigenvalue weighted by atomic mass is 35.5. The second-order valence-electron chi connectivity index (χ2n) is 4.96. The van der Waals surface area contributed by atoms with Crippen molar-refractivity contribution in [3.63, 3.8) is 0 Å². The number of nitrogens with one attached hydrogen (secondary N) is 1. The summed E-state index contributed by atoms with van der Waals surface area (Å²) in [5.74, 6) is 0.663. The van der Waals surface area contributed by atoms with Gasteiger partial charge in [0.15, 0.2) is 0 Å². The second kappa shape index (κ2) is 4.65. The van der Waals surface area contributed by atoms with Gasteiger partial charge in [0.1, 0.15) is 0 Å². The summed E-state index contributed by atoms with van der Waals surface area (Å²) < 4.78 is 1.82. The van der Waals surface area contributed by atoms with E-state index < -0.39 is 0 Å². The predicted molar refractivity (Wildman–Crippen MR) is 74.0 cm³/mol. The number of aromatic nitrogens is 2. The molecule has 3 nitrogen and oxygen atoms in total. The van der Waals surface area contributed by atoms with Crippen LogP contribution in [0.25, 0.3) is 0 Å². The van der Waals surface area contributed by atoms with E-state index in [-0.39, 0.29) is 0 Å². The second-order valence-corrected chi connectivity index (χ2v) is 5.40. The molecule has 0 amide bonds. The Hall–Kier alpha value is -1.48. The minimum absolute atomic E-state index is 0.565. The van der Waals surface area contributed by atoms with Gasteiger partial charge in [-0.3, -0.25) is 4.68 Å². The van der Waals surface area contributed by atoms with E-state index in [9.17, 15) is 0 Å². The van der Waals surface area contributed by atoms with E-state index in [1.165, 1.54) is 18.4 Å². The summed E-state index contributed by atoms with van der Waals surface area (Å²) in [5.41, 5.74) is 2.50. The Balaban J connectivity index is 1.55. The maximum atomic E-state index is 5.89. The third-order valence-electron chi connectivity index (χ3n) is 3.56. The van der Waals surface area contributed by atoms with Gasteiger partial charge in [0.2, 0.25) is 0 Å². The Morgan fingerprint density at radius 2 is 2.00 bits per heavy atom. The molecule has 94 valence electrons. The SMILES string of the molecule is Cn1cc(NC2CC(c3ccc(Cl)cc3)C2)cn1. The van der Waals surface area contributed by atoms with Gasteiger partial charge in [-0.15, -0.1) is 0 Å². The molecule has 0 atom stereocenters. The normalized spacial score (nSPS) is 22.6. The van der Waals surface area contributed by atoms with Crippen LogP contribution in [0.2, 0.25) is 5.02 Å². The van der Waals surface area contributed by atoms with E-state index in [1.807, 2.05) is 36.3 Å². The monoisotopic (exact) mass is 261 g/mol. The lowest BCUT2D eigenvalue weighted by molar-refractivity contribution is 0.374. The van der Waals surface area contributed by atoms with Crippen LogP contribution in [0.3, 0.4) is 0 Å². The van der Waals surface area contributed by atoms with Crippen LogP contribution in [0.4, 0.5) is 5.69 Å². The summed E-state index contributed by atoms with van der Waals surface area (Å²) in [7, 11) is 1.93. The first kappa shape index (κ1) is 11.6. The lowest BCUT2D eigenvalue weighted by Crippen LogP contribution is -2.33. The van der Waals surface area contributed by atoms with Crippen LogP contribution < -0.4 is 5.32 Å². The van der Waals surface area contributed by atoms with Crippen LogP contribution in [0.15, 0.2) is 36.7 Å². The molecule has 4 heteroatoms. The molecule has 1 N–H and O–H groups in total. The number of aryl methyl sites for hydroxylation is 1. The molecule has 0 bridgehead atoms. The quantitative estimate of drug-likeness (QED) is 0.917. The molecule has 0 spiro atoms. The van der Waals surface area contributed by atoms with E-state index in [0.29, 0.717) is 12.0 Å². The maximum Gasteiger partial charge on any atom is 0.0728 e. The average molecular weight is 262 g/mol. The molecule has 0 aliphatic heterocycles. The molecule has 1 aliphatic carbocycles. The zero-order valence-corrected chi connectivity index (χ0v) is 11.1. The topological polar surface area (TPSA) is 29.9 Å². The Kier molecular flexibility index (Phi) is 3.00. The van der Waals surface area contributed by atoms with Crippen LogP contribution in [0.5, 0.6) is 0 Å². The number of nitrogens with zero attached hydrogens (tertiary/aromatic N) is 2. The molecular weight excluding hydrogens is 246 g/mol. The van der Waals surface area contributed by atoms with E-state index in [2.05, 4.69) is 22.5 Å². The van der Waals surface area contributed by atoms with Crippen molar-refractivity contribution in [1.29, 1.82) is 0 Å². The molecule has 1 aromatic carbocycles. The fourth-order valence-electron chi connectivity index (χ4n) is 2.47. The minimum Gasteiger partial charge on any atom is -0.380 e. The van der Waals surface area contributed by atoms with Crippen molar-refractivity contribution in [2.75, 3.05) is 5.32 Å². The maximum absolute atomic E-state index is 5.89. The minimum atomic E-state index is 0.565. The largest absolute Gasteiger partial charge is 0.380 e. The zero-order chi connectivity index (χ0) is 12.5. The van der Waals surface area contributed by atoms with Gasteiger partial charge in [-0.05, 0) is 36.5 Å². The lowest BCUT2D eigenvalue weighted by Gasteiger charge is -2.36. The molecule has 1 aliphatic rings. The first-order valence-corrected chi connectivity index (χ1v) is 6.59. The summed E-state index contributed by atoms with van der Waals surface area (Å²) >= 11 is 5.89. The number of halogens is 1. The van der Waals surface area contributed by atoms with Crippen molar-refractivity contribution in [3.8, 4) is 0 Å². The van der Waals surface area contributed by atoms with Crippen molar-refractivity contribution in [3.05, 3.63) is 47.2 Å². The molecule has 2 aromatic rings. The molecule has 1 fully saturated rings. The van der Waals surface area contributed by atoms with Gasteiger partial charge >= 0.3 is 0 Å². The summed E-state index contributed by atoms with van der Waals surface area (Å²) in [6.07, 6.45) is 6.23. The summed E-state index contributed by atoms with van der Waals surface area (Å²) in [6.45, 7) is 0. The predicted octanol–water partition coefficient (Wildman–Crippen LogP) is 3.43. The molecule has 0 radical (unpaired) electrons. The molecule has 1 heterocycles. The molecule has 18 heavy (non-hydrogen) atoms. The van der Waals surface area contributed by atoms with E-state index in [1.54, 1.807) is 0 Å². The molecule has 1 saturated carbocycles. The first-order valence-electron chi connectivity index (χ1n) is 6.21. The van der Waals surface area contributed by atoms with Gasteiger partial charge in [0.25, 0.3) is 0 Å². The number of rotatable bonds is 3. The summed E-state index contributed by atoms with van der Waals surface area (Å²) in [6, 6.07) is 8.77. The summed E-state index contributed by atoms with van der Waals surface area (Å²) in [5, 5.41) is 8.46. The van der Waals surface area contributed by atoms with Gasteiger partial charge in [-0.25, -0.2) is 0 Å². The molecular formula is C14H16ClN3. The van der Waals surface area contributed by atoms with Crippen molar-refractivity contribution in [1.82, 2.24) is 9.78 Å². The average Bonchev–Trinajstić information content (AvgIpc) is 2.71. The van der Waals surface area contributed by atoms with Crippen molar-refractivity contribution in [2.24, 2.45) is 7.05 Å². The fourth-order valence-corrected chi connectivity index (χ4v) is 2.60. The van der Waals surface area contributed by atoms with Gasteiger partial charge in [0, 0.05) is 24.3 Å². The van der Waals surface area contributed by atoms with Crippen LogP contribution in [0.1, 0.15) is 24.3 Å². The van der Waals surface area contributed by atoms with Crippen molar-refractivity contribution >= 4 is 17.3 Å². The molecule has 0 unspecified atom stereocenters. The number of hydrogen-bond acceptors (Lipinski definition) is 2. The first-order chi connectivity index (χ1) is 8.70. The third-order valence-corrected chi connectivity index (χ3v) is 3.81. The van der Waals surface area contributed by atoms with E-state index in [4.69, 9.17) is 11.6 Å². The molecule has 3 rings (SSSR count). The Morgan fingerprint density at radius 3 is 2.61 bits per heavy atom. The van der Waals surface area contributed by atoms with Crippen molar-refractivity contribution < 1.29 is 0 Å². The van der Waals surface area contributed by atoms with Crippen LogP contribution in [0, 0.1) is 0 Å². The Labute approximate surface area is 112 Å². The van der Waals surface area contributed by atoms with Crippen molar-refractivity contribution in [2.45, 2.75) is 24.8 Å². The van der Waals surface area contributed by atoms with Gasteiger partial charge in [-0.1, -0.05) is 23.7 Å². The van der Waals surface area contributed by atoms with Gasteiger partial charge in [0.05, 0.1) is 11.9 Å². The zero-order valence-electron chi connectivity index (χ0n) is 10.3. The van der Waals surface area contributed by atoms with Gasteiger partial charge in [-0.2, -0.15) is 5.10 Å². The fraction of sp³-hybridized carbons (Fsp3) is 0.357. The number of anilines is 1. The lowest BCUT2D eigenvalue weighted by atomic mass is 9.76. The van der Waals surface area contributed by atoms with Gasteiger partial charge < -0.3 is 5.32 Å². The molecule has 0 saturated heterocycles. The standard InChI is InChI=1S/C14H16ClN3/c1-18-9-14(8-16-18)17-13-6-11(7-13)10-2-4-12(15)5-3-10/h2-5,8-9,11,13,17H,6-7H2,1H3. The Morgan fingerprint density at radius 1 is 1.28 bits per heavy atom. The number of hydrogen-bond donors (Lipinski definition) is 1. The van der Waals surface area contributed by atoms with Crippen LogP contribution in [-0.2, 0) is 7.05 Å². The third kappa shape index (κ3) is 2.36. The van der Waals surface area contributed by atoms with E-state index in [0.717, 1.165) is 10.7 Å². The summed E-state index contributed by atoms with van der Waals surface area (Å²) in [4.78, 5) is 0. The highest BCUT2D eigenvalue weighted by Gasteiger charge is 2.30. The molecule has 1 aromatic heterocycles.